The molecule has 0 amide bonds. The maximum absolute atomic E-state index is 9.84. The molecule has 1 aromatic rings. The maximum Gasteiger partial charge on any atom is 0.123 e. The van der Waals surface area contributed by atoms with Crippen LogP contribution in [0.3, 0.4) is 0 Å². The molecule has 1 N–H and O–H groups in total. The summed E-state index contributed by atoms with van der Waals surface area (Å²) in [6, 6.07) is 5.93. The van der Waals surface area contributed by atoms with Gasteiger partial charge < -0.3 is 14.6 Å². The van der Waals surface area contributed by atoms with Crippen molar-refractivity contribution in [3.8, 4) is 11.5 Å². The molecule has 0 spiro atoms. The van der Waals surface area contributed by atoms with Crippen LogP contribution in [0.25, 0.3) is 0 Å². The van der Waals surface area contributed by atoms with Crippen molar-refractivity contribution in [3.63, 3.8) is 0 Å². The van der Waals surface area contributed by atoms with Gasteiger partial charge in [0.05, 0.1) is 13.2 Å². The molecule has 0 radical (unpaired) electrons. The van der Waals surface area contributed by atoms with Gasteiger partial charge in [-0.05, 0) is 23.6 Å². The van der Waals surface area contributed by atoms with E-state index in [0.717, 1.165) is 17.1 Å². The third-order valence-electron chi connectivity index (χ3n) is 4.39. The summed E-state index contributed by atoms with van der Waals surface area (Å²) in [5.41, 5.74) is 0.930. The fourth-order valence-electron chi connectivity index (χ4n) is 2.54. The fourth-order valence-corrected chi connectivity index (χ4v) is 2.54. The van der Waals surface area contributed by atoms with Crippen LogP contribution in [0.2, 0.25) is 0 Å². The van der Waals surface area contributed by atoms with Gasteiger partial charge in [-0.15, -0.1) is 0 Å². The van der Waals surface area contributed by atoms with E-state index in [1.165, 1.54) is 0 Å². The Morgan fingerprint density at radius 2 is 1.90 bits per heavy atom. The lowest BCUT2D eigenvalue weighted by molar-refractivity contribution is -0.134. The number of hydrogen-bond donors (Lipinski definition) is 1. The van der Waals surface area contributed by atoms with Crippen LogP contribution in [0.15, 0.2) is 18.2 Å². The van der Waals surface area contributed by atoms with Crippen LogP contribution in [-0.4, -0.2) is 24.4 Å². The molecule has 3 nitrogen and oxygen atoms in total. The predicted octanol–water partition coefficient (Wildman–Crippen LogP) is 3.53. The van der Waals surface area contributed by atoms with Gasteiger partial charge in [0.15, 0.2) is 0 Å². The average Bonchev–Trinajstić information content (AvgIpc) is 2.37. The molecular formula is C17H26O3. The Labute approximate surface area is 121 Å². The number of methoxy groups -OCH3 is 1. The zero-order valence-electron chi connectivity index (χ0n) is 13.4. The third kappa shape index (κ3) is 2.64. The van der Waals surface area contributed by atoms with E-state index >= 15 is 0 Å². The lowest BCUT2D eigenvalue weighted by Crippen LogP contribution is -2.56. The van der Waals surface area contributed by atoms with Crippen LogP contribution in [0.1, 0.15) is 46.6 Å². The van der Waals surface area contributed by atoms with E-state index in [-0.39, 0.29) is 23.0 Å². The van der Waals surface area contributed by atoms with Crippen LogP contribution < -0.4 is 9.47 Å². The molecule has 0 heterocycles. The number of aliphatic hydroxyl groups excluding tert-OH is 1. The minimum Gasteiger partial charge on any atom is -0.497 e. The van der Waals surface area contributed by atoms with Crippen molar-refractivity contribution in [2.75, 3.05) is 7.11 Å². The summed E-state index contributed by atoms with van der Waals surface area (Å²) < 4.78 is 11.5. The molecule has 0 aliphatic heterocycles. The van der Waals surface area contributed by atoms with Gasteiger partial charge in [0.1, 0.15) is 17.6 Å². The highest BCUT2D eigenvalue weighted by Crippen LogP contribution is 2.45. The highest BCUT2D eigenvalue weighted by molar-refractivity contribution is 5.44. The second-order valence-electron chi connectivity index (χ2n) is 7.29. The zero-order chi connectivity index (χ0) is 15.1. The van der Waals surface area contributed by atoms with Gasteiger partial charge in [0.2, 0.25) is 0 Å². The van der Waals surface area contributed by atoms with E-state index in [9.17, 15) is 5.11 Å². The van der Waals surface area contributed by atoms with Gasteiger partial charge in [0.25, 0.3) is 0 Å². The van der Waals surface area contributed by atoms with E-state index in [1.807, 2.05) is 32.0 Å². The molecule has 112 valence electrons. The summed E-state index contributed by atoms with van der Waals surface area (Å²) in [6.45, 7) is 10.6. The summed E-state index contributed by atoms with van der Waals surface area (Å²) >= 11 is 0. The molecule has 1 aliphatic rings. The minimum atomic E-state index is -0.274. The normalized spacial score (nSPS) is 24.9. The fraction of sp³-hybridized carbons (Fsp3) is 0.647. The number of aliphatic hydroxyl groups is 1. The summed E-state index contributed by atoms with van der Waals surface area (Å²) in [5.74, 6) is 1.73. The van der Waals surface area contributed by atoms with Gasteiger partial charge in [-0.25, -0.2) is 0 Å². The Bertz CT molecular complexity index is 485. The molecule has 1 aliphatic carbocycles. The largest absolute Gasteiger partial charge is 0.497 e. The second kappa shape index (κ2) is 4.96. The van der Waals surface area contributed by atoms with Gasteiger partial charge in [-0.2, -0.15) is 0 Å². The second-order valence-corrected chi connectivity index (χ2v) is 7.29. The predicted molar refractivity (Wildman–Crippen MR) is 80.5 cm³/mol. The number of hydrogen-bond acceptors (Lipinski definition) is 3. The van der Waals surface area contributed by atoms with Crippen LogP contribution in [0.4, 0.5) is 0 Å². The Morgan fingerprint density at radius 1 is 1.25 bits per heavy atom. The van der Waals surface area contributed by atoms with Crippen molar-refractivity contribution >= 4 is 0 Å². The molecule has 2 rings (SSSR count). The van der Waals surface area contributed by atoms with Crippen LogP contribution in [-0.2, 0) is 5.41 Å². The van der Waals surface area contributed by atoms with E-state index in [4.69, 9.17) is 9.47 Å². The first kappa shape index (κ1) is 15.2. The molecule has 0 saturated heterocycles. The topological polar surface area (TPSA) is 38.7 Å². The van der Waals surface area contributed by atoms with Gasteiger partial charge >= 0.3 is 0 Å². The van der Waals surface area contributed by atoms with E-state index in [0.29, 0.717) is 6.42 Å². The Morgan fingerprint density at radius 3 is 2.35 bits per heavy atom. The summed E-state index contributed by atoms with van der Waals surface area (Å²) in [4.78, 5) is 0. The Hall–Kier alpha value is -1.22. The molecule has 1 fully saturated rings. The molecule has 2 unspecified atom stereocenters. The smallest absolute Gasteiger partial charge is 0.123 e. The average molecular weight is 278 g/mol. The monoisotopic (exact) mass is 278 g/mol. The van der Waals surface area contributed by atoms with Crippen molar-refractivity contribution in [2.24, 2.45) is 5.41 Å². The molecule has 1 saturated carbocycles. The first-order valence-electron chi connectivity index (χ1n) is 7.19. The third-order valence-corrected chi connectivity index (χ3v) is 4.39. The quantitative estimate of drug-likeness (QED) is 0.919. The molecule has 0 bridgehead atoms. The van der Waals surface area contributed by atoms with Crippen molar-refractivity contribution in [2.45, 2.75) is 58.7 Å². The Kier molecular flexibility index (Phi) is 3.76. The van der Waals surface area contributed by atoms with Crippen molar-refractivity contribution in [3.05, 3.63) is 23.8 Å². The minimum absolute atomic E-state index is 0.0175. The van der Waals surface area contributed by atoms with Gasteiger partial charge in [-0.3, -0.25) is 0 Å². The van der Waals surface area contributed by atoms with Crippen LogP contribution in [0, 0.1) is 5.41 Å². The highest BCUT2D eigenvalue weighted by atomic mass is 16.5. The molecular weight excluding hydrogens is 252 g/mol. The van der Waals surface area contributed by atoms with Crippen molar-refractivity contribution in [1.82, 2.24) is 0 Å². The van der Waals surface area contributed by atoms with E-state index in [1.54, 1.807) is 7.11 Å². The summed E-state index contributed by atoms with van der Waals surface area (Å²) in [5, 5.41) is 9.84. The van der Waals surface area contributed by atoms with Gasteiger partial charge in [0, 0.05) is 17.4 Å². The highest BCUT2D eigenvalue weighted by Gasteiger charge is 2.49. The van der Waals surface area contributed by atoms with E-state index in [2.05, 4.69) is 20.8 Å². The van der Waals surface area contributed by atoms with Crippen molar-refractivity contribution in [1.29, 1.82) is 0 Å². The molecule has 20 heavy (non-hydrogen) atoms. The standard InChI is InChI=1S/C17H26O3/c1-16(2,3)12-9-11(19-6)7-8-13(12)20-15-10-14(18)17(15,4)5/h7-9,14-15,18H,10H2,1-6H3. The molecule has 1 aromatic carbocycles. The molecule has 0 aromatic heterocycles. The summed E-state index contributed by atoms with van der Waals surface area (Å²) in [7, 11) is 1.67. The first-order valence-corrected chi connectivity index (χ1v) is 7.19. The maximum atomic E-state index is 9.84. The van der Waals surface area contributed by atoms with Crippen LogP contribution in [0.5, 0.6) is 11.5 Å². The van der Waals surface area contributed by atoms with Crippen molar-refractivity contribution < 1.29 is 14.6 Å². The first-order chi connectivity index (χ1) is 9.16. The van der Waals surface area contributed by atoms with E-state index < -0.39 is 0 Å². The SMILES string of the molecule is COc1ccc(OC2CC(O)C2(C)C)c(C(C)(C)C)c1. The number of benzene rings is 1. The Balaban J connectivity index is 2.28. The zero-order valence-corrected chi connectivity index (χ0v) is 13.4. The summed E-state index contributed by atoms with van der Waals surface area (Å²) in [6.07, 6.45) is 0.485. The lowest BCUT2D eigenvalue weighted by Gasteiger charge is -2.48. The lowest BCUT2D eigenvalue weighted by atomic mass is 9.66. The van der Waals surface area contributed by atoms with Gasteiger partial charge in [-0.1, -0.05) is 34.6 Å². The number of rotatable bonds is 3. The molecule has 3 heteroatoms. The van der Waals surface area contributed by atoms with Crippen LogP contribution >= 0.6 is 0 Å². The number of ether oxygens (including phenoxy) is 2. The molecule has 2 atom stereocenters.